The van der Waals surface area contributed by atoms with Crippen LogP contribution in [0, 0.1) is 11.8 Å². The van der Waals surface area contributed by atoms with Gasteiger partial charge in [0.1, 0.15) is 0 Å². The van der Waals surface area contributed by atoms with Crippen LogP contribution >= 0.6 is 0 Å². The Morgan fingerprint density at radius 3 is 2.13 bits per heavy atom. The van der Waals surface area contributed by atoms with Crippen LogP contribution in [0.25, 0.3) is 0 Å². The average Bonchev–Trinajstić information content (AvgIpc) is 2.16. The molecule has 3 atom stereocenters. The molecule has 2 heteroatoms. The highest BCUT2D eigenvalue weighted by atomic mass is 16.5. The molecule has 0 aliphatic carbocycles. The molecule has 0 aromatic rings. The van der Waals surface area contributed by atoms with E-state index < -0.39 is 0 Å². The van der Waals surface area contributed by atoms with Gasteiger partial charge in [-0.15, -0.1) is 0 Å². The third-order valence-corrected chi connectivity index (χ3v) is 4.29. The summed E-state index contributed by atoms with van der Waals surface area (Å²) in [7, 11) is 0. The maximum absolute atomic E-state index is 6.41. The lowest BCUT2D eigenvalue weighted by Gasteiger charge is -2.50. The fraction of sp³-hybridized carbons (Fsp3) is 1.00. The first-order chi connectivity index (χ1) is 6.84. The van der Waals surface area contributed by atoms with Crippen molar-refractivity contribution in [2.75, 3.05) is 13.1 Å². The van der Waals surface area contributed by atoms with Gasteiger partial charge in [0.05, 0.1) is 11.2 Å². The van der Waals surface area contributed by atoms with Crippen LogP contribution in [0.4, 0.5) is 0 Å². The Hall–Kier alpha value is -0.0800. The number of ether oxygens (including phenoxy) is 1. The maximum Gasteiger partial charge on any atom is 0.0811 e. The number of nitrogens with one attached hydrogen (secondary N) is 1. The summed E-state index contributed by atoms with van der Waals surface area (Å²) in [6.45, 7) is 15.4. The highest BCUT2D eigenvalue weighted by molar-refractivity contribution is 4.95. The normalized spacial score (nSPS) is 39.4. The minimum absolute atomic E-state index is 0.00792. The molecule has 1 fully saturated rings. The third kappa shape index (κ3) is 2.54. The second-order valence-electron chi connectivity index (χ2n) is 5.79. The van der Waals surface area contributed by atoms with Crippen LogP contribution in [0.15, 0.2) is 0 Å². The van der Waals surface area contributed by atoms with Gasteiger partial charge in [-0.05, 0) is 25.7 Å². The molecule has 2 nitrogen and oxygen atoms in total. The summed E-state index contributed by atoms with van der Waals surface area (Å²) in [5, 5.41) is 3.54. The Kier molecular flexibility index (Phi) is 3.83. The van der Waals surface area contributed by atoms with Crippen molar-refractivity contribution in [2.24, 2.45) is 11.8 Å². The van der Waals surface area contributed by atoms with Gasteiger partial charge < -0.3 is 10.1 Å². The van der Waals surface area contributed by atoms with Gasteiger partial charge in [-0.25, -0.2) is 0 Å². The lowest BCUT2D eigenvalue weighted by molar-refractivity contribution is -0.201. The van der Waals surface area contributed by atoms with E-state index in [4.69, 9.17) is 4.74 Å². The highest BCUT2D eigenvalue weighted by Crippen LogP contribution is 2.35. The van der Waals surface area contributed by atoms with Crippen molar-refractivity contribution in [1.82, 2.24) is 5.32 Å². The molecule has 1 N–H and O–H groups in total. The van der Waals surface area contributed by atoms with Crippen LogP contribution < -0.4 is 5.32 Å². The molecule has 0 radical (unpaired) electrons. The Balaban J connectivity index is 2.78. The van der Waals surface area contributed by atoms with Crippen molar-refractivity contribution < 1.29 is 4.74 Å². The molecule has 0 spiro atoms. The van der Waals surface area contributed by atoms with Crippen LogP contribution in [0.5, 0.6) is 0 Å². The van der Waals surface area contributed by atoms with E-state index >= 15 is 0 Å². The van der Waals surface area contributed by atoms with Crippen molar-refractivity contribution in [1.29, 1.82) is 0 Å². The molecule has 0 aromatic heterocycles. The van der Waals surface area contributed by atoms with Crippen molar-refractivity contribution in [3.63, 3.8) is 0 Å². The number of morpholine rings is 1. The van der Waals surface area contributed by atoms with Crippen LogP contribution in [0.2, 0.25) is 0 Å². The molecule has 3 unspecified atom stereocenters. The van der Waals surface area contributed by atoms with Crippen LogP contribution in [-0.2, 0) is 4.74 Å². The highest BCUT2D eigenvalue weighted by Gasteiger charge is 2.44. The Morgan fingerprint density at radius 1 is 1.13 bits per heavy atom. The standard InChI is InChI=1S/C13H27NO/c1-7-11(4)13(6)9-14-8-12(5,15-13)10(2)3/h10-11,14H,7-9H2,1-6H3. The number of hydrogen-bond donors (Lipinski definition) is 1. The molecule has 1 saturated heterocycles. The van der Waals surface area contributed by atoms with Gasteiger partial charge in [0.2, 0.25) is 0 Å². The van der Waals surface area contributed by atoms with Gasteiger partial charge in [0.15, 0.2) is 0 Å². The summed E-state index contributed by atoms with van der Waals surface area (Å²) in [5.41, 5.74) is -0.0253. The maximum atomic E-state index is 6.41. The van der Waals surface area contributed by atoms with Crippen LogP contribution in [-0.4, -0.2) is 24.3 Å². The van der Waals surface area contributed by atoms with E-state index in [1.165, 1.54) is 6.42 Å². The van der Waals surface area contributed by atoms with E-state index in [-0.39, 0.29) is 11.2 Å². The minimum atomic E-state index is -0.0174. The zero-order chi connectivity index (χ0) is 11.7. The summed E-state index contributed by atoms with van der Waals surface area (Å²) in [4.78, 5) is 0. The SMILES string of the molecule is CCC(C)C1(C)CNCC(C)(C(C)C)O1. The fourth-order valence-electron chi connectivity index (χ4n) is 2.19. The predicted octanol–water partition coefficient (Wildman–Crippen LogP) is 2.83. The zero-order valence-electron chi connectivity index (χ0n) is 11.2. The first-order valence-corrected chi connectivity index (χ1v) is 6.25. The lowest BCUT2D eigenvalue weighted by Crippen LogP contribution is -2.62. The number of hydrogen-bond acceptors (Lipinski definition) is 2. The molecular weight excluding hydrogens is 186 g/mol. The van der Waals surface area contributed by atoms with Gasteiger partial charge in [0.25, 0.3) is 0 Å². The van der Waals surface area contributed by atoms with Gasteiger partial charge in [-0.2, -0.15) is 0 Å². The monoisotopic (exact) mass is 213 g/mol. The van der Waals surface area contributed by atoms with E-state index in [1.807, 2.05) is 0 Å². The molecule has 1 aliphatic rings. The van der Waals surface area contributed by atoms with Crippen LogP contribution in [0.1, 0.15) is 48.0 Å². The first kappa shape index (κ1) is 13.0. The molecule has 15 heavy (non-hydrogen) atoms. The smallest absolute Gasteiger partial charge is 0.0811 e. The van der Waals surface area contributed by atoms with Gasteiger partial charge in [-0.1, -0.05) is 34.1 Å². The molecule has 1 heterocycles. The quantitative estimate of drug-likeness (QED) is 0.778. The molecular formula is C13H27NO. The fourth-order valence-corrected chi connectivity index (χ4v) is 2.19. The second kappa shape index (κ2) is 4.42. The van der Waals surface area contributed by atoms with Crippen molar-refractivity contribution >= 4 is 0 Å². The van der Waals surface area contributed by atoms with E-state index in [1.54, 1.807) is 0 Å². The Labute approximate surface area is 94.8 Å². The topological polar surface area (TPSA) is 21.3 Å². The molecule has 90 valence electrons. The first-order valence-electron chi connectivity index (χ1n) is 6.25. The molecule has 0 saturated carbocycles. The van der Waals surface area contributed by atoms with E-state index in [9.17, 15) is 0 Å². The average molecular weight is 213 g/mol. The third-order valence-electron chi connectivity index (χ3n) is 4.29. The lowest BCUT2D eigenvalue weighted by atomic mass is 9.82. The van der Waals surface area contributed by atoms with Crippen molar-refractivity contribution in [3.05, 3.63) is 0 Å². The van der Waals surface area contributed by atoms with Crippen molar-refractivity contribution in [2.45, 2.75) is 59.2 Å². The van der Waals surface area contributed by atoms with Crippen molar-refractivity contribution in [3.8, 4) is 0 Å². The molecule has 1 aliphatic heterocycles. The van der Waals surface area contributed by atoms with E-state index in [0.717, 1.165) is 13.1 Å². The molecule has 0 amide bonds. The minimum Gasteiger partial charge on any atom is -0.366 e. The van der Waals surface area contributed by atoms with Gasteiger partial charge >= 0.3 is 0 Å². The summed E-state index contributed by atoms with van der Waals surface area (Å²) in [6, 6.07) is 0. The Bertz CT molecular complexity index is 217. The molecule has 0 bridgehead atoms. The van der Waals surface area contributed by atoms with E-state index in [2.05, 4.69) is 46.9 Å². The zero-order valence-corrected chi connectivity index (χ0v) is 11.2. The summed E-state index contributed by atoms with van der Waals surface area (Å²) in [6.07, 6.45) is 1.17. The van der Waals surface area contributed by atoms with E-state index in [0.29, 0.717) is 11.8 Å². The van der Waals surface area contributed by atoms with Crippen LogP contribution in [0.3, 0.4) is 0 Å². The summed E-state index contributed by atoms with van der Waals surface area (Å²) >= 11 is 0. The van der Waals surface area contributed by atoms with Gasteiger partial charge in [-0.3, -0.25) is 0 Å². The summed E-state index contributed by atoms with van der Waals surface area (Å²) < 4.78 is 6.41. The number of rotatable bonds is 3. The summed E-state index contributed by atoms with van der Waals surface area (Å²) in [5.74, 6) is 1.15. The largest absolute Gasteiger partial charge is 0.366 e. The molecule has 0 aromatic carbocycles. The Morgan fingerprint density at radius 2 is 1.67 bits per heavy atom. The second-order valence-corrected chi connectivity index (χ2v) is 5.79. The molecule has 1 rings (SSSR count). The van der Waals surface area contributed by atoms with Gasteiger partial charge in [0, 0.05) is 13.1 Å². The predicted molar refractivity (Wildman–Crippen MR) is 65.1 cm³/mol.